The molecular formula is C52H35NO. The Morgan fingerprint density at radius 2 is 0.722 bits per heavy atom. The molecule has 254 valence electrons. The van der Waals surface area contributed by atoms with Crippen molar-refractivity contribution in [2.24, 2.45) is 0 Å². The predicted molar refractivity (Wildman–Crippen MR) is 228 cm³/mol. The number of hydrogen-bond donors (Lipinski definition) is 0. The number of fused-ring (bicyclic) bond motifs is 4. The summed E-state index contributed by atoms with van der Waals surface area (Å²) in [5, 5.41) is 4.69. The maximum atomic E-state index is 6.23. The molecule has 0 spiro atoms. The van der Waals surface area contributed by atoms with Crippen molar-refractivity contribution in [3.63, 3.8) is 0 Å². The van der Waals surface area contributed by atoms with Crippen LogP contribution in [0.3, 0.4) is 0 Å². The van der Waals surface area contributed by atoms with Gasteiger partial charge in [0.25, 0.3) is 0 Å². The molecule has 10 rings (SSSR count). The first-order valence-corrected chi connectivity index (χ1v) is 18.4. The molecule has 0 bridgehead atoms. The van der Waals surface area contributed by atoms with E-state index >= 15 is 0 Å². The maximum absolute atomic E-state index is 6.23. The maximum Gasteiger partial charge on any atom is 0.136 e. The number of benzene rings is 9. The largest absolute Gasteiger partial charge is 0.456 e. The van der Waals surface area contributed by atoms with E-state index in [1.54, 1.807) is 0 Å². The van der Waals surface area contributed by atoms with Gasteiger partial charge in [-0.3, -0.25) is 0 Å². The summed E-state index contributed by atoms with van der Waals surface area (Å²) in [5.74, 6) is 0. The SMILES string of the molecule is c1ccc(-c2ccc(-c3ccc(N(c4ccc(-c5ccc6c(c5)oc5ccccc56)cc4)c4ccc(-c5ccccc5)c5ccccc45)cc3)cc2)cc1. The highest BCUT2D eigenvalue weighted by atomic mass is 16.3. The molecule has 0 amide bonds. The predicted octanol–water partition coefficient (Wildman–Crippen LogP) is 14.9. The number of nitrogens with zero attached hydrogens (tertiary/aromatic N) is 1. The molecule has 54 heavy (non-hydrogen) atoms. The summed E-state index contributed by atoms with van der Waals surface area (Å²) in [4.78, 5) is 2.38. The van der Waals surface area contributed by atoms with Crippen molar-refractivity contribution in [3.8, 4) is 44.5 Å². The average molecular weight is 690 g/mol. The summed E-state index contributed by atoms with van der Waals surface area (Å²) in [5.41, 5.74) is 14.6. The molecule has 0 saturated heterocycles. The molecule has 1 heterocycles. The van der Waals surface area contributed by atoms with E-state index in [-0.39, 0.29) is 0 Å². The highest BCUT2D eigenvalue weighted by Gasteiger charge is 2.18. The van der Waals surface area contributed by atoms with E-state index in [2.05, 4.69) is 205 Å². The van der Waals surface area contributed by atoms with E-state index in [0.29, 0.717) is 0 Å². The Morgan fingerprint density at radius 3 is 1.35 bits per heavy atom. The number of anilines is 3. The van der Waals surface area contributed by atoms with Gasteiger partial charge in [0.15, 0.2) is 0 Å². The van der Waals surface area contributed by atoms with Crippen molar-refractivity contribution >= 4 is 49.8 Å². The molecule has 0 N–H and O–H groups in total. The van der Waals surface area contributed by atoms with Gasteiger partial charge in [0.1, 0.15) is 11.2 Å². The van der Waals surface area contributed by atoms with Gasteiger partial charge in [0, 0.05) is 27.5 Å². The molecule has 0 unspecified atom stereocenters. The molecule has 0 saturated carbocycles. The molecule has 1 aromatic heterocycles. The highest BCUT2D eigenvalue weighted by molar-refractivity contribution is 6.07. The van der Waals surface area contributed by atoms with Crippen LogP contribution in [-0.4, -0.2) is 0 Å². The van der Waals surface area contributed by atoms with E-state index in [1.807, 2.05) is 12.1 Å². The lowest BCUT2D eigenvalue weighted by Gasteiger charge is -2.28. The third-order valence-corrected chi connectivity index (χ3v) is 10.5. The zero-order valence-corrected chi connectivity index (χ0v) is 29.6. The lowest BCUT2D eigenvalue weighted by Crippen LogP contribution is -2.10. The Morgan fingerprint density at radius 1 is 0.278 bits per heavy atom. The Hall–Kier alpha value is -7.16. The summed E-state index contributed by atoms with van der Waals surface area (Å²) in [6.07, 6.45) is 0. The second-order valence-corrected chi connectivity index (χ2v) is 13.7. The van der Waals surface area contributed by atoms with Gasteiger partial charge in [0.2, 0.25) is 0 Å². The molecule has 0 radical (unpaired) electrons. The van der Waals surface area contributed by atoms with Crippen molar-refractivity contribution in [2.75, 3.05) is 4.90 Å². The zero-order chi connectivity index (χ0) is 35.8. The Kier molecular flexibility index (Phi) is 7.85. The number of para-hydroxylation sites is 1. The van der Waals surface area contributed by atoms with Crippen molar-refractivity contribution in [3.05, 3.63) is 212 Å². The fourth-order valence-corrected chi connectivity index (χ4v) is 7.77. The standard InChI is InChI=1S/C52H35NO/c1-3-11-36(12-4-1)37-19-21-38(22-20-37)39-23-28-43(29-24-39)53(50-34-33-45(41-13-5-2-6-14-41)46-15-7-8-16-47(46)50)44-30-25-40(26-31-44)42-27-32-49-48-17-9-10-18-51(48)54-52(49)35-42/h1-35H. The molecule has 0 fully saturated rings. The van der Waals surface area contributed by atoms with Gasteiger partial charge >= 0.3 is 0 Å². The van der Waals surface area contributed by atoms with Crippen molar-refractivity contribution < 1.29 is 4.42 Å². The van der Waals surface area contributed by atoms with E-state index in [9.17, 15) is 0 Å². The second-order valence-electron chi connectivity index (χ2n) is 13.7. The van der Waals surface area contributed by atoms with Crippen LogP contribution in [0.2, 0.25) is 0 Å². The normalized spacial score (nSPS) is 11.3. The second kappa shape index (κ2) is 13.4. The molecule has 2 nitrogen and oxygen atoms in total. The van der Waals surface area contributed by atoms with Crippen molar-refractivity contribution in [1.82, 2.24) is 0 Å². The molecule has 9 aromatic carbocycles. The molecule has 0 aliphatic heterocycles. The lowest BCUT2D eigenvalue weighted by molar-refractivity contribution is 0.669. The number of rotatable bonds is 7. The van der Waals surface area contributed by atoms with Crippen LogP contribution in [0.4, 0.5) is 17.1 Å². The first-order valence-electron chi connectivity index (χ1n) is 18.4. The number of hydrogen-bond acceptors (Lipinski definition) is 2. The van der Waals surface area contributed by atoms with Gasteiger partial charge < -0.3 is 9.32 Å². The van der Waals surface area contributed by atoms with Crippen molar-refractivity contribution in [2.45, 2.75) is 0 Å². The van der Waals surface area contributed by atoms with Crippen LogP contribution in [-0.2, 0) is 0 Å². The third-order valence-electron chi connectivity index (χ3n) is 10.5. The molecular weight excluding hydrogens is 655 g/mol. The molecule has 0 aliphatic rings. The molecule has 0 aliphatic carbocycles. The highest BCUT2D eigenvalue weighted by Crippen LogP contribution is 2.43. The fraction of sp³-hybridized carbons (Fsp3) is 0. The minimum atomic E-state index is 0.902. The van der Waals surface area contributed by atoms with Gasteiger partial charge in [-0.1, -0.05) is 164 Å². The van der Waals surface area contributed by atoms with Crippen LogP contribution >= 0.6 is 0 Å². The zero-order valence-electron chi connectivity index (χ0n) is 29.6. The number of furan rings is 1. The van der Waals surface area contributed by atoms with Crippen LogP contribution < -0.4 is 4.90 Å². The average Bonchev–Trinajstić information content (AvgIpc) is 3.63. The van der Waals surface area contributed by atoms with Gasteiger partial charge in [0.05, 0.1) is 5.69 Å². The van der Waals surface area contributed by atoms with Crippen LogP contribution in [0.15, 0.2) is 217 Å². The summed E-state index contributed by atoms with van der Waals surface area (Å²) >= 11 is 0. The van der Waals surface area contributed by atoms with Gasteiger partial charge in [-0.15, -0.1) is 0 Å². The molecule has 0 atom stereocenters. The first kappa shape index (κ1) is 31.6. The third kappa shape index (κ3) is 5.71. The molecule has 2 heteroatoms. The Labute approximate surface area is 314 Å². The topological polar surface area (TPSA) is 16.4 Å². The summed E-state index contributed by atoms with van der Waals surface area (Å²) in [7, 11) is 0. The van der Waals surface area contributed by atoms with Gasteiger partial charge in [-0.2, -0.15) is 0 Å². The smallest absolute Gasteiger partial charge is 0.136 e. The van der Waals surface area contributed by atoms with Gasteiger partial charge in [-0.05, 0) is 98.4 Å². The minimum absolute atomic E-state index is 0.902. The van der Waals surface area contributed by atoms with E-state index in [1.165, 1.54) is 44.2 Å². The van der Waals surface area contributed by atoms with Crippen LogP contribution in [0.25, 0.3) is 77.2 Å². The minimum Gasteiger partial charge on any atom is -0.456 e. The first-order chi connectivity index (χ1) is 26.8. The van der Waals surface area contributed by atoms with Crippen LogP contribution in [0, 0.1) is 0 Å². The summed E-state index contributed by atoms with van der Waals surface area (Å²) < 4.78 is 6.23. The summed E-state index contributed by atoms with van der Waals surface area (Å²) in [6, 6.07) is 75.9. The Balaban J connectivity index is 1.06. The monoisotopic (exact) mass is 689 g/mol. The van der Waals surface area contributed by atoms with Crippen LogP contribution in [0.5, 0.6) is 0 Å². The fourth-order valence-electron chi connectivity index (χ4n) is 7.77. The summed E-state index contributed by atoms with van der Waals surface area (Å²) in [6.45, 7) is 0. The van der Waals surface area contributed by atoms with Crippen LogP contribution in [0.1, 0.15) is 0 Å². The van der Waals surface area contributed by atoms with Gasteiger partial charge in [-0.25, -0.2) is 0 Å². The quantitative estimate of drug-likeness (QED) is 0.166. The lowest BCUT2D eigenvalue weighted by atomic mass is 9.96. The van der Waals surface area contributed by atoms with E-state index in [0.717, 1.165) is 50.1 Å². The van der Waals surface area contributed by atoms with E-state index < -0.39 is 0 Å². The Bertz CT molecular complexity index is 2890. The van der Waals surface area contributed by atoms with Crippen molar-refractivity contribution in [1.29, 1.82) is 0 Å². The molecule has 10 aromatic rings. The van der Waals surface area contributed by atoms with E-state index in [4.69, 9.17) is 4.42 Å².